The number of hydrogen-bond acceptors (Lipinski definition) is 6. The number of hydrogen-bond donors (Lipinski definition) is 0. The first-order chi connectivity index (χ1) is 11.4. The Hall–Kier alpha value is -2.34. The van der Waals surface area contributed by atoms with Crippen LogP contribution in [0.25, 0.3) is 0 Å². The summed E-state index contributed by atoms with van der Waals surface area (Å²) in [7, 11) is 4.89. The zero-order valence-electron chi connectivity index (χ0n) is 14.3. The molecule has 0 saturated carbocycles. The molecule has 1 aromatic carbocycles. The summed E-state index contributed by atoms with van der Waals surface area (Å²) in [4.78, 5) is 26.3. The number of benzene rings is 1. The van der Waals surface area contributed by atoms with Gasteiger partial charge >= 0.3 is 11.9 Å². The van der Waals surface area contributed by atoms with Gasteiger partial charge in [0.05, 0.1) is 14.2 Å². The van der Waals surface area contributed by atoms with E-state index in [-0.39, 0.29) is 11.6 Å². The maximum absolute atomic E-state index is 12.2. The fraction of sp³-hybridized carbons (Fsp3) is 0.444. The standard InChI is InChI=1S/C18H21NO5/c1-18-10-19(2)14(11-5-7-12(22-3)8-6-11)9-13(18)15(16(20)23-4)17(21)24-18/h5-8,14H,9-10H2,1-4H3/t14-,18-/m0/s1. The second-order valence-electron chi connectivity index (χ2n) is 6.37. The van der Waals surface area contributed by atoms with Gasteiger partial charge in [0.25, 0.3) is 0 Å². The van der Waals surface area contributed by atoms with Crippen molar-refractivity contribution in [2.24, 2.45) is 0 Å². The van der Waals surface area contributed by atoms with E-state index in [4.69, 9.17) is 14.2 Å². The molecule has 2 aliphatic heterocycles. The first kappa shape index (κ1) is 16.5. The van der Waals surface area contributed by atoms with E-state index in [9.17, 15) is 9.59 Å². The SMILES string of the molecule is COC(=O)C1=C2C[C@@H](c3ccc(OC)cc3)N(C)C[C@]2(C)OC1=O. The van der Waals surface area contributed by atoms with Crippen LogP contribution in [-0.2, 0) is 19.1 Å². The molecule has 0 bridgehead atoms. The van der Waals surface area contributed by atoms with Crippen LogP contribution in [0.2, 0.25) is 0 Å². The maximum Gasteiger partial charge on any atom is 0.346 e. The Balaban J connectivity index is 1.99. The monoisotopic (exact) mass is 331 g/mol. The second-order valence-corrected chi connectivity index (χ2v) is 6.37. The van der Waals surface area contributed by atoms with E-state index in [1.807, 2.05) is 38.2 Å². The zero-order valence-corrected chi connectivity index (χ0v) is 14.3. The summed E-state index contributed by atoms with van der Waals surface area (Å²) < 4.78 is 15.5. The molecule has 1 fully saturated rings. The minimum atomic E-state index is -0.779. The van der Waals surface area contributed by atoms with Gasteiger partial charge in [0.2, 0.25) is 0 Å². The lowest BCUT2D eigenvalue weighted by molar-refractivity contribution is -0.150. The van der Waals surface area contributed by atoms with Gasteiger partial charge in [-0.15, -0.1) is 0 Å². The normalized spacial score (nSPS) is 26.8. The van der Waals surface area contributed by atoms with Gasteiger partial charge in [0.1, 0.15) is 16.9 Å². The highest BCUT2D eigenvalue weighted by molar-refractivity contribution is 6.16. The molecule has 0 radical (unpaired) electrons. The summed E-state index contributed by atoms with van der Waals surface area (Å²) in [6.45, 7) is 2.36. The Kier molecular flexibility index (Phi) is 4.09. The summed E-state index contributed by atoms with van der Waals surface area (Å²) >= 11 is 0. The quantitative estimate of drug-likeness (QED) is 0.622. The van der Waals surface area contributed by atoms with Crippen molar-refractivity contribution in [3.8, 4) is 5.75 Å². The van der Waals surface area contributed by atoms with Gasteiger partial charge in [-0.3, -0.25) is 4.90 Å². The molecule has 3 rings (SSSR count). The summed E-state index contributed by atoms with van der Waals surface area (Å²) in [5.74, 6) is -0.434. The molecule has 6 heteroatoms. The van der Waals surface area contributed by atoms with E-state index in [1.165, 1.54) is 7.11 Å². The van der Waals surface area contributed by atoms with Crippen molar-refractivity contribution < 1.29 is 23.8 Å². The molecule has 2 aliphatic rings. The van der Waals surface area contributed by atoms with E-state index in [2.05, 4.69) is 4.90 Å². The second kappa shape index (κ2) is 5.94. The highest BCUT2D eigenvalue weighted by Crippen LogP contribution is 2.45. The van der Waals surface area contributed by atoms with Crippen LogP contribution in [0.4, 0.5) is 0 Å². The Labute approximate surface area is 141 Å². The molecule has 1 saturated heterocycles. The Morgan fingerprint density at radius 1 is 1.29 bits per heavy atom. The third kappa shape index (κ3) is 2.57. The Morgan fingerprint density at radius 2 is 1.96 bits per heavy atom. The van der Waals surface area contributed by atoms with Crippen molar-refractivity contribution in [3.05, 3.63) is 41.0 Å². The lowest BCUT2D eigenvalue weighted by atomic mass is 9.81. The number of carbonyl (C=O) groups is 2. The number of methoxy groups -OCH3 is 2. The van der Waals surface area contributed by atoms with Gasteiger partial charge in [-0.2, -0.15) is 0 Å². The molecule has 1 aromatic rings. The van der Waals surface area contributed by atoms with Crippen LogP contribution in [0.3, 0.4) is 0 Å². The lowest BCUT2D eigenvalue weighted by Gasteiger charge is -2.42. The van der Waals surface area contributed by atoms with Crippen LogP contribution in [-0.4, -0.2) is 50.3 Å². The molecule has 0 aliphatic carbocycles. The fourth-order valence-corrected chi connectivity index (χ4v) is 3.59. The smallest absolute Gasteiger partial charge is 0.346 e. The van der Waals surface area contributed by atoms with Gasteiger partial charge in [-0.25, -0.2) is 9.59 Å². The van der Waals surface area contributed by atoms with Crippen LogP contribution in [0.5, 0.6) is 5.75 Å². The van der Waals surface area contributed by atoms with E-state index in [0.717, 1.165) is 16.9 Å². The van der Waals surface area contributed by atoms with Crippen molar-refractivity contribution in [1.29, 1.82) is 0 Å². The minimum Gasteiger partial charge on any atom is -0.497 e. The zero-order chi connectivity index (χ0) is 17.5. The number of carbonyl (C=O) groups excluding carboxylic acids is 2. The molecule has 0 N–H and O–H groups in total. The minimum absolute atomic E-state index is 0.0478. The number of esters is 2. The number of rotatable bonds is 3. The predicted molar refractivity (Wildman–Crippen MR) is 86.5 cm³/mol. The van der Waals surface area contributed by atoms with Crippen molar-refractivity contribution in [2.75, 3.05) is 27.8 Å². The Bertz CT molecular complexity index is 709. The lowest BCUT2D eigenvalue weighted by Crippen LogP contribution is -2.47. The fourth-order valence-electron chi connectivity index (χ4n) is 3.59. The van der Waals surface area contributed by atoms with Crippen LogP contribution in [0.1, 0.15) is 24.9 Å². The first-order valence-corrected chi connectivity index (χ1v) is 7.79. The largest absolute Gasteiger partial charge is 0.497 e. The molecule has 0 unspecified atom stereocenters. The molecule has 0 aromatic heterocycles. The molecule has 0 amide bonds. The van der Waals surface area contributed by atoms with E-state index in [1.54, 1.807) is 7.11 Å². The average molecular weight is 331 g/mol. The summed E-state index contributed by atoms with van der Waals surface area (Å²) in [6.07, 6.45) is 0.537. The van der Waals surface area contributed by atoms with Gasteiger partial charge in [0, 0.05) is 12.6 Å². The maximum atomic E-state index is 12.2. The van der Waals surface area contributed by atoms with E-state index >= 15 is 0 Å². The number of ether oxygens (including phenoxy) is 3. The molecule has 6 nitrogen and oxygen atoms in total. The van der Waals surface area contributed by atoms with Crippen molar-refractivity contribution in [3.63, 3.8) is 0 Å². The third-order valence-electron chi connectivity index (χ3n) is 4.83. The highest BCUT2D eigenvalue weighted by atomic mass is 16.6. The first-order valence-electron chi connectivity index (χ1n) is 7.79. The molecule has 2 atom stereocenters. The molecule has 0 spiro atoms. The summed E-state index contributed by atoms with van der Waals surface area (Å²) in [5, 5.41) is 0. The van der Waals surface area contributed by atoms with Crippen LogP contribution in [0.15, 0.2) is 35.4 Å². The van der Waals surface area contributed by atoms with E-state index < -0.39 is 17.5 Å². The van der Waals surface area contributed by atoms with Crippen LogP contribution < -0.4 is 4.74 Å². The molecule has 24 heavy (non-hydrogen) atoms. The predicted octanol–water partition coefficient (Wildman–Crippen LogP) is 1.86. The molecule has 128 valence electrons. The van der Waals surface area contributed by atoms with Crippen molar-refractivity contribution >= 4 is 11.9 Å². The number of piperidine rings is 1. The van der Waals surface area contributed by atoms with Gasteiger partial charge in [-0.1, -0.05) is 12.1 Å². The number of likely N-dealkylation sites (N-methyl/N-ethyl adjacent to an activating group) is 1. The third-order valence-corrected chi connectivity index (χ3v) is 4.83. The van der Waals surface area contributed by atoms with Crippen molar-refractivity contribution in [2.45, 2.75) is 25.0 Å². The van der Waals surface area contributed by atoms with Gasteiger partial charge in [-0.05, 0) is 43.7 Å². The van der Waals surface area contributed by atoms with Crippen LogP contribution in [0, 0.1) is 0 Å². The van der Waals surface area contributed by atoms with Gasteiger partial charge < -0.3 is 14.2 Å². The molecular weight excluding hydrogens is 310 g/mol. The Morgan fingerprint density at radius 3 is 2.54 bits per heavy atom. The van der Waals surface area contributed by atoms with E-state index in [0.29, 0.717) is 13.0 Å². The topological polar surface area (TPSA) is 65.1 Å². The number of nitrogens with zero attached hydrogens (tertiary/aromatic N) is 1. The van der Waals surface area contributed by atoms with Crippen LogP contribution >= 0.6 is 0 Å². The average Bonchev–Trinajstić information content (AvgIpc) is 2.82. The number of likely N-dealkylation sites (tertiary alicyclic amines) is 1. The molecular formula is C18H21NO5. The van der Waals surface area contributed by atoms with Crippen molar-refractivity contribution in [1.82, 2.24) is 4.90 Å². The number of fused-ring (bicyclic) bond motifs is 1. The summed E-state index contributed by atoms with van der Waals surface area (Å²) in [5.41, 5.74) is 1.08. The molecule has 2 heterocycles. The van der Waals surface area contributed by atoms with Gasteiger partial charge in [0.15, 0.2) is 0 Å². The highest BCUT2D eigenvalue weighted by Gasteiger charge is 2.51. The summed E-state index contributed by atoms with van der Waals surface area (Å²) in [6, 6.07) is 7.86.